The predicted octanol–water partition coefficient (Wildman–Crippen LogP) is 1.44. The Morgan fingerprint density at radius 3 is 2.77 bits per heavy atom. The molecular formula is C11H10N2. The molecule has 2 heterocycles. The van der Waals surface area contributed by atoms with Crippen molar-refractivity contribution in [1.82, 2.24) is 4.98 Å². The van der Waals surface area contributed by atoms with Crippen LogP contribution in [0.3, 0.4) is 0 Å². The molecular weight excluding hydrogens is 160 g/mol. The molecule has 1 aromatic heterocycles. The molecule has 0 aliphatic carbocycles. The number of pyridine rings is 1. The number of hydrogen-bond acceptors (Lipinski definition) is 2. The molecule has 2 rings (SSSR count). The third-order valence-electron chi connectivity index (χ3n) is 2.07. The van der Waals surface area contributed by atoms with Crippen LogP contribution < -0.4 is 4.90 Å². The maximum Gasteiger partial charge on any atom is 0.0570 e. The van der Waals surface area contributed by atoms with E-state index in [1.165, 1.54) is 0 Å². The van der Waals surface area contributed by atoms with Gasteiger partial charge in [0.15, 0.2) is 0 Å². The van der Waals surface area contributed by atoms with Gasteiger partial charge in [-0.3, -0.25) is 4.98 Å². The fourth-order valence-electron chi connectivity index (χ4n) is 1.37. The molecule has 0 atom stereocenters. The summed E-state index contributed by atoms with van der Waals surface area (Å²) in [4.78, 5) is 6.30. The SMILES string of the molecule is C#Cc1cncc(N2CC=CC2)c1. The minimum atomic E-state index is 0.837. The van der Waals surface area contributed by atoms with E-state index in [4.69, 9.17) is 6.42 Å². The molecule has 2 nitrogen and oxygen atoms in total. The van der Waals surface area contributed by atoms with E-state index in [0.717, 1.165) is 24.3 Å². The van der Waals surface area contributed by atoms with Crippen LogP contribution in [0.1, 0.15) is 5.56 Å². The molecule has 0 N–H and O–H groups in total. The number of anilines is 1. The molecule has 13 heavy (non-hydrogen) atoms. The van der Waals surface area contributed by atoms with Crippen molar-refractivity contribution in [3.63, 3.8) is 0 Å². The lowest BCUT2D eigenvalue weighted by Crippen LogP contribution is -2.18. The van der Waals surface area contributed by atoms with Crippen LogP contribution in [0.4, 0.5) is 5.69 Å². The van der Waals surface area contributed by atoms with Gasteiger partial charge in [0.25, 0.3) is 0 Å². The summed E-state index contributed by atoms with van der Waals surface area (Å²) >= 11 is 0. The van der Waals surface area contributed by atoms with Crippen molar-refractivity contribution in [2.75, 3.05) is 18.0 Å². The van der Waals surface area contributed by atoms with Crippen LogP contribution in [-0.4, -0.2) is 18.1 Å². The van der Waals surface area contributed by atoms with Gasteiger partial charge in [0.1, 0.15) is 0 Å². The Balaban J connectivity index is 2.26. The van der Waals surface area contributed by atoms with E-state index in [9.17, 15) is 0 Å². The smallest absolute Gasteiger partial charge is 0.0570 e. The Labute approximate surface area is 77.9 Å². The zero-order valence-corrected chi connectivity index (χ0v) is 7.27. The standard InChI is InChI=1S/C11H10N2/c1-2-10-7-11(9-12-8-10)13-5-3-4-6-13/h1,3-4,7-9H,5-6H2. The summed E-state index contributed by atoms with van der Waals surface area (Å²) in [5.74, 6) is 2.58. The second-order valence-corrected chi connectivity index (χ2v) is 2.95. The van der Waals surface area contributed by atoms with Crippen LogP contribution in [0.15, 0.2) is 30.6 Å². The highest BCUT2D eigenvalue weighted by molar-refractivity contribution is 5.51. The molecule has 0 aromatic carbocycles. The largest absolute Gasteiger partial charge is 0.363 e. The lowest BCUT2D eigenvalue weighted by molar-refractivity contribution is 0.997. The second kappa shape index (κ2) is 3.32. The number of hydrogen-bond donors (Lipinski definition) is 0. The molecule has 2 heteroatoms. The highest BCUT2D eigenvalue weighted by Gasteiger charge is 2.07. The van der Waals surface area contributed by atoms with E-state index in [-0.39, 0.29) is 0 Å². The fourth-order valence-corrected chi connectivity index (χ4v) is 1.37. The maximum atomic E-state index is 5.29. The van der Waals surface area contributed by atoms with E-state index in [0.29, 0.717) is 0 Å². The van der Waals surface area contributed by atoms with Crippen molar-refractivity contribution in [2.45, 2.75) is 0 Å². The molecule has 1 aliphatic rings. The summed E-state index contributed by atoms with van der Waals surface area (Å²) in [5.41, 5.74) is 1.94. The Morgan fingerprint density at radius 1 is 1.31 bits per heavy atom. The predicted molar refractivity (Wildman–Crippen MR) is 53.5 cm³/mol. The minimum absolute atomic E-state index is 0.837. The Kier molecular flexibility index (Phi) is 2.01. The van der Waals surface area contributed by atoms with Crippen LogP contribution in [0.5, 0.6) is 0 Å². The molecule has 0 bridgehead atoms. The first-order valence-electron chi connectivity index (χ1n) is 4.22. The van der Waals surface area contributed by atoms with Crippen molar-refractivity contribution in [3.05, 3.63) is 36.2 Å². The van der Waals surface area contributed by atoms with Crippen molar-refractivity contribution in [2.24, 2.45) is 0 Å². The minimum Gasteiger partial charge on any atom is -0.363 e. The summed E-state index contributed by atoms with van der Waals surface area (Å²) in [6.45, 7) is 1.91. The van der Waals surface area contributed by atoms with Crippen LogP contribution in [-0.2, 0) is 0 Å². The van der Waals surface area contributed by atoms with E-state index in [2.05, 4.69) is 28.0 Å². The monoisotopic (exact) mass is 170 g/mol. The molecule has 0 amide bonds. The molecule has 0 spiro atoms. The summed E-state index contributed by atoms with van der Waals surface area (Å²) in [6.07, 6.45) is 13.1. The first kappa shape index (κ1) is 7.88. The van der Waals surface area contributed by atoms with E-state index >= 15 is 0 Å². The topological polar surface area (TPSA) is 16.1 Å². The maximum absolute atomic E-state index is 5.29. The average molecular weight is 170 g/mol. The van der Waals surface area contributed by atoms with Gasteiger partial charge in [-0.05, 0) is 6.07 Å². The molecule has 0 saturated carbocycles. The molecule has 0 saturated heterocycles. The van der Waals surface area contributed by atoms with Gasteiger partial charge >= 0.3 is 0 Å². The molecule has 0 fully saturated rings. The average Bonchev–Trinajstić information content (AvgIpc) is 2.71. The van der Waals surface area contributed by atoms with E-state index in [1.54, 1.807) is 6.20 Å². The van der Waals surface area contributed by atoms with Crippen molar-refractivity contribution >= 4 is 5.69 Å². The van der Waals surface area contributed by atoms with Crippen molar-refractivity contribution in [3.8, 4) is 12.3 Å². The van der Waals surface area contributed by atoms with Crippen LogP contribution in [0, 0.1) is 12.3 Å². The number of rotatable bonds is 1. The highest BCUT2D eigenvalue weighted by atomic mass is 15.1. The van der Waals surface area contributed by atoms with Gasteiger partial charge in [0.2, 0.25) is 0 Å². The summed E-state index contributed by atoms with van der Waals surface area (Å²) in [6, 6.07) is 1.99. The van der Waals surface area contributed by atoms with E-state index in [1.807, 2.05) is 12.3 Å². The number of nitrogens with zero attached hydrogens (tertiary/aromatic N) is 2. The molecule has 1 aromatic rings. The Hall–Kier alpha value is -1.75. The Bertz CT molecular complexity index is 366. The van der Waals surface area contributed by atoms with Gasteiger partial charge in [0.05, 0.1) is 11.9 Å². The molecule has 0 unspecified atom stereocenters. The second-order valence-electron chi connectivity index (χ2n) is 2.95. The van der Waals surface area contributed by atoms with Gasteiger partial charge in [-0.15, -0.1) is 6.42 Å². The van der Waals surface area contributed by atoms with Gasteiger partial charge < -0.3 is 4.90 Å². The van der Waals surface area contributed by atoms with Crippen LogP contribution in [0.2, 0.25) is 0 Å². The lowest BCUT2D eigenvalue weighted by atomic mass is 10.2. The van der Waals surface area contributed by atoms with Gasteiger partial charge in [-0.1, -0.05) is 18.1 Å². The molecule has 0 radical (unpaired) electrons. The normalized spacial score (nSPS) is 14.5. The zero-order valence-electron chi connectivity index (χ0n) is 7.27. The lowest BCUT2D eigenvalue weighted by Gasteiger charge is -2.16. The third kappa shape index (κ3) is 1.54. The molecule has 64 valence electrons. The third-order valence-corrected chi connectivity index (χ3v) is 2.07. The van der Waals surface area contributed by atoms with Crippen LogP contribution in [0.25, 0.3) is 0 Å². The molecule has 1 aliphatic heterocycles. The first-order chi connectivity index (χ1) is 6.40. The first-order valence-corrected chi connectivity index (χ1v) is 4.22. The quantitative estimate of drug-likeness (QED) is 0.468. The number of aromatic nitrogens is 1. The fraction of sp³-hybridized carbons (Fsp3) is 0.182. The Morgan fingerprint density at radius 2 is 2.08 bits per heavy atom. The summed E-state index contributed by atoms with van der Waals surface area (Å²) in [5, 5.41) is 0. The van der Waals surface area contributed by atoms with Crippen LogP contribution >= 0.6 is 0 Å². The summed E-state index contributed by atoms with van der Waals surface area (Å²) < 4.78 is 0. The number of terminal acetylenes is 1. The van der Waals surface area contributed by atoms with Gasteiger partial charge in [0, 0.05) is 24.8 Å². The van der Waals surface area contributed by atoms with Gasteiger partial charge in [-0.2, -0.15) is 0 Å². The highest BCUT2D eigenvalue weighted by Crippen LogP contribution is 2.16. The van der Waals surface area contributed by atoms with Crippen molar-refractivity contribution in [1.29, 1.82) is 0 Å². The van der Waals surface area contributed by atoms with Crippen molar-refractivity contribution < 1.29 is 0 Å². The summed E-state index contributed by atoms with van der Waals surface area (Å²) in [7, 11) is 0. The zero-order chi connectivity index (χ0) is 9.10. The van der Waals surface area contributed by atoms with Gasteiger partial charge in [-0.25, -0.2) is 0 Å². The van der Waals surface area contributed by atoms with E-state index < -0.39 is 0 Å².